The van der Waals surface area contributed by atoms with E-state index in [0.717, 1.165) is 22.3 Å². The van der Waals surface area contributed by atoms with Crippen LogP contribution >= 0.6 is 0 Å². The average molecular weight is 435 g/mol. The Morgan fingerprint density at radius 3 is 2.27 bits per heavy atom. The highest BCUT2D eigenvalue weighted by Crippen LogP contribution is 2.27. The van der Waals surface area contributed by atoms with Crippen LogP contribution in [0.2, 0.25) is 0 Å². The second-order valence-electron chi connectivity index (χ2n) is 7.64. The number of carbonyl (C=O) groups excluding carboxylic acids is 1. The molecule has 0 aliphatic rings. The maximum absolute atomic E-state index is 13.0. The first-order valence-corrected chi connectivity index (χ1v) is 10.6. The number of rotatable bonds is 6. The first kappa shape index (κ1) is 20.5. The van der Waals surface area contributed by atoms with E-state index in [1.165, 1.54) is 0 Å². The highest BCUT2D eigenvalue weighted by molar-refractivity contribution is 5.95. The summed E-state index contributed by atoms with van der Waals surface area (Å²) in [6.07, 6.45) is 1.60. The Balaban J connectivity index is 1.35. The summed E-state index contributed by atoms with van der Waals surface area (Å²) in [6, 6.07) is 27.9. The molecule has 162 valence electrons. The van der Waals surface area contributed by atoms with E-state index in [1.54, 1.807) is 30.5 Å². The first-order chi connectivity index (χ1) is 16.2. The summed E-state index contributed by atoms with van der Waals surface area (Å²) >= 11 is 0. The zero-order valence-electron chi connectivity index (χ0n) is 17.9. The van der Waals surface area contributed by atoms with Gasteiger partial charge in [0.25, 0.3) is 5.91 Å². The standard InChI is InChI=1S/C27H21N3O3/c1-18-8-5-6-11-22(18)27-30-29-26(33-27)21-15-13-20(14-16-21)25(31)28-24(23-12-7-17-32-23)19-9-3-2-4-10-19/h2-17,24H,1H3,(H,28,31). The third-order valence-corrected chi connectivity index (χ3v) is 5.43. The van der Waals surface area contributed by atoms with Gasteiger partial charge in [-0.1, -0.05) is 48.5 Å². The van der Waals surface area contributed by atoms with Crippen molar-refractivity contribution in [2.24, 2.45) is 0 Å². The van der Waals surface area contributed by atoms with Crippen LogP contribution in [0.4, 0.5) is 0 Å². The molecule has 5 aromatic rings. The molecule has 2 heterocycles. The molecule has 0 aliphatic carbocycles. The van der Waals surface area contributed by atoms with Crippen LogP contribution in [0.5, 0.6) is 0 Å². The quantitative estimate of drug-likeness (QED) is 0.363. The molecule has 5 rings (SSSR count). The molecule has 1 unspecified atom stereocenters. The van der Waals surface area contributed by atoms with Gasteiger partial charge < -0.3 is 14.2 Å². The smallest absolute Gasteiger partial charge is 0.252 e. The number of nitrogens with zero attached hydrogens (tertiary/aromatic N) is 2. The number of nitrogens with one attached hydrogen (secondary N) is 1. The molecular weight excluding hydrogens is 414 g/mol. The maximum Gasteiger partial charge on any atom is 0.252 e. The number of amides is 1. The third kappa shape index (κ3) is 4.32. The number of aryl methyl sites for hydroxylation is 1. The molecular formula is C27H21N3O3. The number of hydrogen-bond acceptors (Lipinski definition) is 5. The van der Waals surface area contributed by atoms with Gasteiger partial charge in [-0.2, -0.15) is 0 Å². The Bertz CT molecular complexity index is 1360. The van der Waals surface area contributed by atoms with E-state index in [9.17, 15) is 4.79 Å². The minimum absolute atomic E-state index is 0.210. The Labute approximate surface area is 190 Å². The van der Waals surface area contributed by atoms with Crippen molar-refractivity contribution < 1.29 is 13.6 Å². The van der Waals surface area contributed by atoms with Gasteiger partial charge in [0.1, 0.15) is 11.8 Å². The van der Waals surface area contributed by atoms with E-state index < -0.39 is 0 Å². The summed E-state index contributed by atoms with van der Waals surface area (Å²) in [4.78, 5) is 13.0. The molecule has 33 heavy (non-hydrogen) atoms. The van der Waals surface area contributed by atoms with Crippen LogP contribution < -0.4 is 5.32 Å². The summed E-state index contributed by atoms with van der Waals surface area (Å²) in [5, 5.41) is 11.4. The lowest BCUT2D eigenvalue weighted by Crippen LogP contribution is -2.29. The minimum Gasteiger partial charge on any atom is -0.467 e. The van der Waals surface area contributed by atoms with E-state index in [1.807, 2.05) is 73.7 Å². The predicted octanol–water partition coefficient (Wildman–Crippen LogP) is 5.82. The molecule has 1 N–H and O–H groups in total. The molecule has 2 aromatic heterocycles. The van der Waals surface area contributed by atoms with Crippen LogP contribution in [0.15, 0.2) is 106 Å². The number of carbonyl (C=O) groups is 1. The van der Waals surface area contributed by atoms with Gasteiger partial charge in [-0.25, -0.2) is 0 Å². The minimum atomic E-state index is -0.388. The van der Waals surface area contributed by atoms with E-state index in [-0.39, 0.29) is 11.9 Å². The molecule has 0 bridgehead atoms. The lowest BCUT2D eigenvalue weighted by molar-refractivity contribution is 0.0939. The Morgan fingerprint density at radius 1 is 0.818 bits per heavy atom. The van der Waals surface area contributed by atoms with Crippen LogP contribution in [0.3, 0.4) is 0 Å². The fourth-order valence-electron chi connectivity index (χ4n) is 3.66. The first-order valence-electron chi connectivity index (χ1n) is 10.6. The Kier molecular flexibility index (Phi) is 5.55. The highest BCUT2D eigenvalue weighted by atomic mass is 16.4. The van der Waals surface area contributed by atoms with Gasteiger partial charge in [-0.05, 0) is 60.5 Å². The summed E-state index contributed by atoms with van der Waals surface area (Å²) in [7, 11) is 0. The van der Waals surface area contributed by atoms with E-state index in [2.05, 4.69) is 15.5 Å². The van der Waals surface area contributed by atoms with Gasteiger partial charge in [-0.15, -0.1) is 10.2 Å². The molecule has 0 aliphatic heterocycles. The van der Waals surface area contributed by atoms with E-state index in [4.69, 9.17) is 8.83 Å². The predicted molar refractivity (Wildman–Crippen MR) is 124 cm³/mol. The summed E-state index contributed by atoms with van der Waals surface area (Å²) in [5.74, 6) is 1.32. The molecule has 1 amide bonds. The van der Waals surface area contributed by atoms with Gasteiger partial charge in [-0.3, -0.25) is 4.79 Å². The molecule has 0 spiro atoms. The second-order valence-corrected chi connectivity index (χ2v) is 7.64. The van der Waals surface area contributed by atoms with Crippen LogP contribution in [-0.4, -0.2) is 16.1 Å². The van der Waals surface area contributed by atoms with Crippen LogP contribution in [0, 0.1) is 6.92 Å². The topological polar surface area (TPSA) is 81.2 Å². The van der Waals surface area contributed by atoms with Gasteiger partial charge in [0.05, 0.1) is 6.26 Å². The molecule has 6 nitrogen and oxygen atoms in total. The van der Waals surface area contributed by atoms with E-state index in [0.29, 0.717) is 23.1 Å². The highest BCUT2D eigenvalue weighted by Gasteiger charge is 2.20. The molecule has 3 aromatic carbocycles. The van der Waals surface area contributed by atoms with Crippen molar-refractivity contribution in [3.63, 3.8) is 0 Å². The largest absolute Gasteiger partial charge is 0.467 e. The van der Waals surface area contributed by atoms with Gasteiger partial charge in [0.15, 0.2) is 0 Å². The number of benzene rings is 3. The maximum atomic E-state index is 13.0. The van der Waals surface area contributed by atoms with Crippen molar-refractivity contribution in [1.82, 2.24) is 15.5 Å². The van der Waals surface area contributed by atoms with Crippen molar-refractivity contribution in [3.8, 4) is 22.9 Å². The SMILES string of the molecule is Cc1ccccc1-c1nnc(-c2ccc(C(=O)NC(c3ccccc3)c3ccco3)cc2)o1. The van der Waals surface area contributed by atoms with Crippen LogP contribution in [-0.2, 0) is 0 Å². The molecule has 0 saturated carbocycles. The van der Waals surface area contributed by atoms with Gasteiger partial charge in [0.2, 0.25) is 11.8 Å². The number of furan rings is 1. The third-order valence-electron chi connectivity index (χ3n) is 5.43. The molecule has 0 radical (unpaired) electrons. The van der Waals surface area contributed by atoms with Crippen molar-refractivity contribution in [2.45, 2.75) is 13.0 Å². The average Bonchev–Trinajstić information content (AvgIpc) is 3.56. The Morgan fingerprint density at radius 2 is 1.55 bits per heavy atom. The van der Waals surface area contributed by atoms with Crippen LogP contribution in [0.1, 0.15) is 33.3 Å². The van der Waals surface area contributed by atoms with Crippen molar-refractivity contribution in [2.75, 3.05) is 0 Å². The van der Waals surface area contributed by atoms with Crippen molar-refractivity contribution in [1.29, 1.82) is 0 Å². The number of hydrogen-bond donors (Lipinski definition) is 1. The van der Waals surface area contributed by atoms with Gasteiger partial charge >= 0.3 is 0 Å². The molecule has 0 saturated heterocycles. The summed E-state index contributed by atoms with van der Waals surface area (Å²) < 4.78 is 11.4. The normalized spacial score (nSPS) is 11.8. The fraction of sp³-hybridized carbons (Fsp3) is 0.0741. The molecule has 0 fully saturated rings. The molecule has 6 heteroatoms. The van der Waals surface area contributed by atoms with Crippen LogP contribution in [0.25, 0.3) is 22.9 Å². The Hall–Kier alpha value is -4.45. The summed E-state index contributed by atoms with van der Waals surface area (Å²) in [6.45, 7) is 2.00. The monoisotopic (exact) mass is 435 g/mol. The van der Waals surface area contributed by atoms with Crippen molar-refractivity contribution in [3.05, 3.63) is 120 Å². The lowest BCUT2D eigenvalue weighted by Gasteiger charge is -2.17. The zero-order chi connectivity index (χ0) is 22.6. The zero-order valence-corrected chi connectivity index (χ0v) is 17.9. The second kappa shape index (κ2) is 8.96. The number of aromatic nitrogens is 2. The summed E-state index contributed by atoms with van der Waals surface area (Å²) in [5.41, 5.74) is 4.16. The van der Waals surface area contributed by atoms with Gasteiger partial charge in [0, 0.05) is 16.7 Å². The lowest BCUT2D eigenvalue weighted by atomic mass is 10.0. The van der Waals surface area contributed by atoms with E-state index >= 15 is 0 Å². The fourth-order valence-corrected chi connectivity index (χ4v) is 3.66. The van der Waals surface area contributed by atoms with Crippen molar-refractivity contribution >= 4 is 5.91 Å². The molecule has 1 atom stereocenters.